The second-order valence-corrected chi connectivity index (χ2v) is 8.49. The van der Waals surface area contributed by atoms with Crippen molar-refractivity contribution in [1.29, 1.82) is 0 Å². The van der Waals surface area contributed by atoms with Gasteiger partial charge in [-0.15, -0.1) is 0 Å². The van der Waals surface area contributed by atoms with Crippen LogP contribution in [0, 0.1) is 0 Å². The molecule has 2 heterocycles. The Morgan fingerprint density at radius 3 is 2.37 bits per heavy atom. The summed E-state index contributed by atoms with van der Waals surface area (Å²) in [5.74, 6) is -0.607. The van der Waals surface area contributed by atoms with Crippen LogP contribution in [-0.4, -0.2) is 57.7 Å². The Balaban J connectivity index is 0.000000429. The van der Waals surface area contributed by atoms with Crippen molar-refractivity contribution >= 4 is 55.7 Å². The Kier molecular flexibility index (Phi) is 7.48. The summed E-state index contributed by atoms with van der Waals surface area (Å²) in [5, 5.41) is 15.0. The number of thiazole rings is 1. The summed E-state index contributed by atoms with van der Waals surface area (Å²) < 4.78 is 40.9. The van der Waals surface area contributed by atoms with E-state index in [1.807, 2.05) is 11.5 Å². The average molecular weight is 509 g/mol. The number of imidazole rings is 1. The molecule has 0 saturated carbocycles. The van der Waals surface area contributed by atoms with E-state index in [9.17, 15) is 22.8 Å². The predicted molar refractivity (Wildman–Crippen MR) is 128 cm³/mol. The van der Waals surface area contributed by atoms with Gasteiger partial charge >= 0.3 is 18.2 Å². The number of amides is 2. The van der Waals surface area contributed by atoms with Crippen molar-refractivity contribution in [2.45, 2.75) is 19.6 Å². The first-order valence-corrected chi connectivity index (χ1v) is 11.1. The molecule has 35 heavy (non-hydrogen) atoms. The molecule has 0 atom stereocenters. The fourth-order valence-corrected chi connectivity index (χ4v) is 4.05. The highest BCUT2D eigenvalue weighted by Crippen LogP contribution is 2.35. The molecule has 0 unspecified atom stereocenters. The molecular formula is C22H23F3N6O3S. The first-order valence-electron chi connectivity index (χ1n) is 10.3. The van der Waals surface area contributed by atoms with Crippen molar-refractivity contribution in [3.63, 3.8) is 0 Å². The first kappa shape index (κ1) is 25.7. The molecule has 4 aromatic rings. The molecule has 0 spiro atoms. The van der Waals surface area contributed by atoms with Crippen LogP contribution in [0.3, 0.4) is 0 Å². The van der Waals surface area contributed by atoms with Gasteiger partial charge in [-0.1, -0.05) is 11.3 Å². The smallest absolute Gasteiger partial charge is 0.416 e. The molecule has 0 saturated heterocycles. The number of hydrogen-bond acceptors (Lipinski definition) is 6. The molecule has 13 heteroatoms. The van der Waals surface area contributed by atoms with Crippen molar-refractivity contribution in [2.75, 3.05) is 26.5 Å². The number of alkyl halides is 3. The Labute approximate surface area is 202 Å². The summed E-state index contributed by atoms with van der Waals surface area (Å²) in [6.45, 7) is 2.47. The maximum atomic E-state index is 12.9. The van der Waals surface area contributed by atoms with Gasteiger partial charge in [0.05, 0.1) is 32.4 Å². The van der Waals surface area contributed by atoms with Gasteiger partial charge in [0, 0.05) is 27.7 Å². The zero-order valence-electron chi connectivity index (χ0n) is 19.3. The lowest BCUT2D eigenvalue weighted by atomic mass is 10.2. The number of fused-ring (bicyclic) bond motifs is 2. The van der Waals surface area contributed by atoms with Gasteiger partial charge in [0.2, 0.25) is 5.95 Å². The van der Waals surface area contributed by atoms with Gasteiger partial charge in [0.1, 0.15) is 0 Å². The van der Waals surface area contributed by atoms with Crippen molar-refractivity contribution < 1.29 is 27.9 Å². The van der Waals surface area contributed by atoms with E-state index in [2.05, 4.69) is 20.6 Å². The lowest BCUT2D eigenvalue weighted by Crippen LogP contribution is -2.31. The minimum Gasteiger partial charge on any atom is -0.478 e. The number of benzene rings is 2. The fraction of sp³-hybridized carbons (Fsp3) is 0.273. The number of aromatic nitrogens is 3. The second-order valence-electron chi connectivity index (χ2n) is 7.46. The third-order valence-corrected chi connectivity index (χ3v) is 5.80. The summed E-state index contributed by atoms with van der Waals surface area (Å²) in [6.07, 6.45) is -4.41. The van der Waals surface area contributed by atoms with E-state index in [-0.39, 0.29) is 11.6 Å². The molecule has 0 aliphatic heterocycles. The Bertz CT molecular complexity index is 1380. The van der Waals surface area contributed by atoms with Crippen LogP contribution < -0.4 is 10.6 Å². The molecule has 3 N–H and O–H groups in total. The molecule has 0 bridgehead atoms. The Hall–Kier alpha value is -3.87. The van der Waals surface area contributed by atoms with Gasteiger partial charge in [0.15, 0.2) is 5.13 Å². The van der Waals surface area contributed by atoms with Crippen LogP contribution in [0.1, 0.15) is 22.8 Å². The number of urea groups is 1. The number of carbonyl (C=O) groups is 2. The first-order chi connectivity index (χ1) is 16.4. The third-order valence-electron chi connectivity index (χ3n) is 4.87. The van der Waals surface area contributed by atoms with Crippen molar-refractivity contribution in [3.05, 3.63) is 47.5 Å². The van der Waals surface area contributed by atoms with E-state index in [1.165, 1.54) is 23.1 Å². The van der Waals surface area contributed by atoms with Crippen LogP contribution in [0.25, 0.3) is 21.3 Å². The molecule has 0 aliphatic rings. The molecule has 0 fully saturated rings. The molecule has 9 nitrogen and oxygen atoms in total. The predicted octanol–water partition coefficient (Wildman–Crippen LogP) is 5.01. The number of aromatic carboxylic acids is 1. The number of nitrogens with zero attached hydrogens (tertiary/aromatic N) is 4. The standard InChI is InChI=1S/C18H13F3N4O2S.C4H10N2O/c1-2-25-13-6-3-9(15(26)27)7-12(13)22-16(25)24-17-23-11-5-4-10(18(19,20)21)8-14(11)28-17;1-5-4(7)6(2)3/h3-8H,2H2,1H3,(H,26,27)(H,22,23,24);1-3H3,(H,5,7). The van der Waals surface area contributed by atoms with E-state index in [4.69, 9.17) is 5.11 Å². The number of carboxylic acid groups (broad SMARTS) is 1. The number of rotatable bonds is 4. The number of aryl methyl sites for hydroxylation is 1. The maximum absolute atomic E-state index is 12.9. The van der Waals surface area contributed by atoms with Crippen LogP contribution in [0.2, 0.25) is 0 Å². The maximum Gasteiger partial charge on any atom is 0.416 e. The number of nitrogens with one attached hydrogen (secondary N) is 2. The fourth-order valence-electron chi connectivity index (χ4n) is 3.15. The van der Waals surface area contributed by atoms with Gasteiger partial charge in [-0.05, 0) is 43.3 Å². The Morgan fingerprint density at radius 2 is 1.83 bits per heavy atom. The SMILES string of the molecule is CCn1c(Nc2nc3ccc(C(F)(F)F)cc3s2)nc2cc(C(=O)O)ccc21.CNC(=O)N(C)C. The number of carboxylic acids is 1. The number of halogens is 3. The van der Waals surface area contributed by atoms with Crippen molar-refractivity contribution in [2.24, 2.45) is 0 Å². The average Bonchev–Trinajstić information content (AvgIpc) is 3.36. The highest BCUT2D eigenvalue weighted by atomic mass is 32.1. The summed E-state index contributed by atoms with van der Waals surface area (Å²) in [6, 6.07) is 7.98. The van der Waals surface area contributed by atoms with E-state index in [0.717, 1.165) is 29.0 Å². The molecule has 2 aromatic heterocycles. The quantitative estimate of drug-likeness (QED) is 0.357. The normalized spacial score (nSPS) is 11.2. The zero-order valence-corrected chi connectivity index (χ0v) is 20.1. The van der Waals surface area contributed by atoms with Gasteiger partial charge in [-0.2, -0.15) is 13.2 Å². The molecule has 2 amide bonds. The van der Waals surface area contributed by atoms with Crippen molar-refractivity contribution in [1.82, 2.24) is 24.8 Å². The zero-order chi connectivity index (χ0) is 25.9. The molecular weight excluding hydrogens is 485 g/mol. The van der Waals surface area contributed by atoms with Crippen LogP contribution in [-0.2, 0) is 12.7 Å². The summed E-state index contributed by atoms with van der Waals surface area (Å²) in [7, 11) is 4.99. The second kappa shape index (κ2) is 10.2. The summed E-state index contributed by atoms with van der Waals surface area (Å²) in [5.41, 5.74) is 1.10. The highest BCUT2D eigenvalue weighted by Gasteiger charge is 2.30. The van der Waals surface area contributed by atoms with Gasteiger partial charge < -0.3 is 25.2 Å². The molecule has 0 radical (unpaired) electrons. The topological polar surface area (TPSA) is 112 Å². The largest absolute Gasteiger partial charge is 0.478 e. The Morgan fingerprint density at radius 1 is 1.11 bits per heavy atom. The van der Waals surface area contributed by atoms with Crippen LogP contribution in [0.15, 0.2) is 36.4 Å². The molecule has 186 valence electrons. The van der Waals surface area contributed by atoms with Gasteiger partial charge in [-0.25, -0.2) is 19.6 Å². The van der Waals surface area contributed by atoms with Crippen LogP contribution in [0.4, 0.5) is 29.0 Å². The summed E-state index contributed by atoms with van der Waals surface area (Å²) in [4.78, 5) is 31.7. The highest BCUT2D eigenvalue weighted by molar-refractivity contribution is 7.22. The molecule has 0 aliphatic carbocycles. The van der Waals surface area contributed by atoms with Gasteiger partial charge in [0.25, 0.3) is 0 Å². The van der Waals surface area contributed by atoms with E-state index < -0.39 is 17.7 Å². The van der Waals surface area contributed by atoms with E-state index in [0.29, 0.717) is 33.4 Å². The molecule has 2 aromatic carbocycles. The van der Waals surface area contributed by atoms with Crippen LogP contribution in [0.5, 0.6) is 0 Å². The third kappa shape index (κ3) is 5.80. The summed E-state index contributed by atoms with van der Waals surface area (Å²) >= 11 is 1.09. The lowest BCUT2D eigenvalue weighted by Gasteiger charge is -2.06. The minimum absolute atomic E-state index is 0.0694. The lowest BCUT2D eigenvalue weighted by molar-refractivity contribution is -0.137. The minimum atomic E-state index is -4.41. The van der Waals surface area contributed by atoms with E-state index in [1.54, 1.807) is 27.2 Å². The number of hydrogen-bond donors (Lipinski definition) is 3. The van der Waals surface area contributed by atoms with Crippen LogP contribution >= 0.6 is 11.3 Å². The molecule has 4 rings (SSSR count). The number of carbonyl (C=O) groups excluding carboxylic acids is 1. The van der Waals surface area contributed by atoms with Gasteiger partial charge in [-0.3, -0.25) is 0 Å². The van der Waals surface area contributed by atoms with E-state index >= 15 is 0 Å². The monoisotopic (exact) mass is 508 g/mol. The van der Waals surface area contributed by atoms with Crippen molar-refractivity contribution in [3.8, 4) is 0 Å². The number of anilines is 2.